The van der Waals surface area contributed by atoms with Gasteiger partial charge >= 0.3 is 0 Å². The van der Waals surface area contributed by atoms with Crippen molar-refractivity contribution in [1.82, 2.24) is 5.32 Å². The Labute approximate surface area is 205 Å². The second-order valence-electron chi connectivity index (χ2n) is 9.73. The average Bonchev–Trinajstić information content (AvgIpc) is 2.78. The molecule has 0 bridgehead atoms. The Kier molecular flexibility index (Phi) is 8.63. The molecule has 1 heterocycles. The van der Waals surface area contributed by atoms with Gasteiger partial charge in [0.15, 0.2) is 0 Å². The zero-order valence-corrected chi connectivity index (χ0v) is 22.0. The molecule has 0 spiro atoms. The molecular weight excluding hydrogens is 446 g/mol. The minimum atomic E-state index is -3.44. The van der Waals surface area contributed by atoms with Crippen LogP contribution in [0.3, 0.4) is 0 Å². The highest BCUT2D eigenvalue weighted by Crippen LogP contribution is 2.26. The molecule has 0 saturated carbocycles. The van der Waals surface area contributed by atoms with E-state index in [1.807, 2.05) is 39.0 Å². The molecule has 1 amide bonds. The molecule has 3 rings (SSSR count). The number of benzene rings is 2. The standard InChI is InChI=1S/C27H39N3O3S/c1-20-9-7-17-29(19-20)25-15-13-24(14-16-25)23(4)28-27(31)12-8-18-30(34(5,32)33)26-11-6-10-21(2)22(26)3/h6,10-11,13-16,20,23H,7-9,12,17-19H2,1-5H3,(H,28,31)/t20-,23-/m1/s1. The molecule has 186 valence electrons. The number of carbonyl (C=O) groups is 1. The predicted molar refractivity (Wildman–Crippen MR) is 141 cm³/mol. The molecule has 1 aliphatic heterocycles. The zero-order chi connectivity index (χ0) is 24.9. The van der Waals surface area contributed by atoms with Crippen LogP contribution in [0.4, 0.5) is 11.4 Å². The molecule has 1 N–H and O–H groups in total. The van der Waals surface area contributed by atoms with E-state index in [0.29, 0.717) is 12.1 Å². The molecule has 7 heteroatoms. The lowest BCUT2D eigenvalue weighted by Crippen LogP contribution is -2.34. The Bertz CT molecular complexity index is 1080. The fourth-order valence-corrected chi connectivity index (χ4v) is 5.66. The zero-order valence-electron chi connectivity index (χ0n) is 21.2. The van der Waals surface area contributed by atoms with Gasteiger partial charge in [0.25, 0.3) is 0 Å². The molecule has 0 aliphatic carbocycles. The first kappa shape index (κ1) is 26.1. The molecule has 2 atom stereocenters. The van der Waals surface area contributed by atoms with Crippen LogP contribution in [0.2, 0.25) is 0 Å². The molecule has 0 radical (unpaired) electrons. The van der Waals surface area contributed by atoms with Crippen molar-refractivity contribution in [2.45, 2.75) is 59.4 Å². The van der Waals surface area contributed by atoms with Gasteiger partial charge in [-0.25, -0.2) is 8.42 Å². The van der Waals surface area contributed by atoms with Crippen LogP contribution < -0.4 is 14.5 Å². The molecule has 0 aromatic heterocycles. The number of rotatable bonds is 9. The summed E-state index contributed by atoms with van der Waals surface area (Å²) in [4.78, 5) is 15.0. The number of sulfonamides is 1. The first-order chi connectivity index (χ1) is 16.1. The summed E-state index contributed by atoms with van der Waals surface area (Å²) in [7, 11) is -3.44. The summed E-state index contributed by atoms with van der Waals surface area (Å²) in [6, 6.07) is 14.0. The largest absolute Gasteiger partial charge is 0.371 e. The number of carbonyl (C=O) groups excluding carboxylic acids is 1. The summed E-state index contributed by atoms with van der Waals surface area (Å²) in [5.74, 6) is 0.649. The van der Waals surface area contributed by atoms with Crippen LogP contribution in [0.15, 0.2) is 42.5 Å². The van der Waals surface area contributed by atoms with Crippen molar-refractivity contribution >= 4 is 27.3 Å². The van der Waals surface area contributed by atoms with Gasteiger partial charge in [0.1, 0.15) is 0 Å². The van der Waals surface area contributed by atoms with Crippen LogP contribution in [0.1, 0.15) is 62.3 Å². The van der Waals surface area contributed by atoms with Gasteiger partial charge in [-0.15, -0.1) is 0 Å². The highest BCUT2D eigenvalue weighted by molar-refractivity contribution is 7.92. The van der Waals surface area contributed by atoms with Crippen molar-refractivity contribution in [2.24, 2.45) is 5.92 Å². The number of piperidine rings is 1. The maximum absolute atomic E-state index is 12.6. The smallest absolute Gasteiger partial charge is 0.232 e. The summed E-state index contributed by atoms with van der Waals surface area (Å²) < 4.78 is 26.2. The number of nitrogens with one attached hydrogen (secondary N) is 1. The SMILES string of the molecule is Cc1cccc(N(CCCC(=O)N[C@H](C)c2ccc(N3CCC[C@@H](C)C3)cc2)S(C)(=O)=O)c1C. The maximum Gasteiger partial charge on any atom is 0.232 e. The molecule has 34 heavy (non-hydrogen) atoms. The Hall–Kier alpha value is -2.54. The van der Waals surface area contributed by atoms with Gasteiger partial charge in [0.2, 0.25) is 15.9 Å². The first-order valence-corrected chi connectivity index (χ1v) is 14.1. The van der Waals surface area contributed by atoms with Crippen LogP contribution in [-0.2, 0) is 14.8 Å². The van der Waals surface area contributed by atoms with E-state index in [0.717, 1.165) is 35.7 Å². The average molecular weight is 486 g/mol. The van der Waals surface area contributed by atoms with E-state index < -0.39 is 10.0 Å². The third-order valence-corrected chi connectivity index (χ3v) is 7.98. The Morgan fingerprint density at radius 2 is 1.88 bits per heavy atom. The van der Waals surface area contributed by atoms with Gasteiger partial charge in [0.05, 0.1) is 18.0 Å². The molecule has 0 unspecified atom stereocenters. The van der Waals surface area contributed by atoms with Crippen molar-refractivity contribution in [3.8, 4) is 0 Å². The van der Waals surface area contributed by atoms with Gasteiger partial charge in [-0.3, -0.25) is 9.10 Å². The molecular formula is C27H39N3O3S. The van der Waals surface area contributed by atoms with Crippen LogP contribution in [0.5, 0.6) is 0 Å². The quantitative estimate of drug-likeness (QED) is 0.545. The van der Waals surface area contributed by atoms with Crippen molar-refractivity contribution in [1.29, 1.82) is 0 Å². The molecule has 1 fully saturated rings. The lowest BCUT2D eigenvalue weighted by Gasteiger charge is -2.33. The first-order valence-electron chi connectivity index (χ1n) is 12.2. The van der Waals surface area contributed by atoms with E-state index in [1.54, 1.807) is 0 Å². The summed E-state index contributed by atoms with van der Waals surface area (Å²) in [6.07, 6.45) is 4.46. The second-order valence-corrected chi connectivity index (χ2v) is 11.6. The third kappa shape index (κ3) is 6.75. The van der Waals surface area contributed by atoms with Crippen LogP contribution in [0, 0.1) is 19.8 Å². The fraction of sp³-hybridized carbons (Fsp3) is 0.519. The topological polar surface area (TPSA) is 69.7 Å². The fourth-order valence-electron chi connectivity index (χ4n) is 4.65. The third-order valence-electron chi connectivity index (χ3n) is 6.80. The number of amides is 1. The molecule has 1 saturated heterocycles. The summed E-state index contributed by atoms with van der Waals surface area (Å²) >= 11 is 0. The molecule has 2 aromatic carbocycles. The highest BCUT2D eigenvalue weighted by Gasteiger charge is 2.21. The normalized spacial score (nSPS) is 17.3. The van der Waals surface area contributed by atoms with Crippen molar-refractivity contribution in [3.63, 3.8) is 0 Å². The van der Waals surface area contributed by atoms with Gasteiger partial charge in [-0.1, -0.05) is 31.2 Å². The molecule has 6 nitrogen and oxygen atoms in total. The van der Waals surface area contributed by atoms with Crippen molar-refractivity contribution in [2.75, 3.05) is 35.1 Å². The van der Waals surface area contributed by atoms with E-state index in [2.05, 4.69) is 41.4 Å². The van der Waals surface area contributed by atoms with Gasteiger partial charge in [-0.2, -0.15) is 0 Å². The lowest BCUT2D eigenvalue weighted by atomic mass is 9.99. The number of aryl methyl sites for hydroxylation is 1. The Balaban J connectivity index is 1.54. The molecule has 1 aliphatic rings. The summed E-state index contributed by atoms with van der Waals surface area (Å²) in [5, 5.41) is 3.05. The van der Waals surface area contributed by atoms with Gasteiger partial charge in [0, 0.05) is 31.7 Å². The number of hydrogen-bond donors (Lipinski definition) is 1. The number of hydrogen-bond acceptors (Lipinski definition) is 4. The van der Waals surface area contributed by atoms with Crippen LogP contribution in [0.25, 0.3) is 0 Å². The maximum atomic E-state index is 12.6. The van der Waals surface area contributed by atoms with E-state index in [-0.39, 0.29) is 24.9 Å². The van der Waals surface area contributed by atoms with E-state index in [9.17, 15) is 13.2 Å². The molecule has 2 aromatic rings. The van der Waals surface area contributed by atoms with Crippen molar-refractivity contribution < 1.29 is 13.2 Å². The minimum absolute atomic E-state index is 0.0733. The predicted octanol–water partition coefficient (Wildman–Crippen LogP) is 4.96. The van der Waals surface area contributed by atoms with Crippen LogP contribution >= 0.6 is 0 Å². The van der Waals surface area contributed by atoms with Crippen LogP contribution in [-0.4, -0.2) is 40.2 Å². The highest BCUT2D eigenvalue weighted by atomic mass is 32.2. The summed E-state index contributed by atoms with van der Waals surface area (Å²) in [6.45, 7) is 10.6. The Morgan fingerprint density at radius 1 is 1.18 bits per heavy atom. The van der Waals surface area contributed by atoms with Gasteiger partial charge < -0.3 is 10.2 Å². The van der Waals surface area contributed by atoms with Gasteiger partial charge in [-0.05, 0) is 80.8 Å². The van der Waals surface area contributed by atoms with Crippen molar-refractivity contribution in [3.05, 3.63) is 59.2 Å². The van der Waals surface area contributed by atoms with E-state index in [4.69, 9.17) is 0 Å². The second kappa shape index (κ2) is 11.3. The number of nitrogens with zero attached hydrogens (tertiary/aromatic N) is 2. The number of anilines is 2. The Morgan fingerprint density at radius 3 is 2.53 bits per heavy atom. The summed E-state index contributed by atoms with van der Waals surface area (Å²) in [5.41, 5.74) is 4.96. The van der Waals surface area contributed by atoms with E-state index in [1.165, 1.54) is 29.1 Å². The monoisotopic (exact) mass is 485 g/mol. The minimum Gasteiger partial charge on any atom is -0.371 e. The lowest BCUT2D eigenvalue weighted by molar-refractivity contribution is -0.121. The van der Waals surface area contributed by atoms with E-state index >= 15 is 0 Å².